The molecule has 1 atom stereocenters. The molecule has 1 aromatic heterocycles. The van der Waals surface area contributed by atoms with Crippen LogP contribution in [0.4, 0.5) is 5.82 Å². The fourth-order valence-electron chi connectivity index (χ4n) is 2.35. The van der Waals surface area contributed by atoms with Crippen molar-refractivity contribution >= 4 is 17.5 Å². The molecule has 1 aliphatic rings. The van der Waals surface area contributed by atoms with Gasteiger partial charge < -0.3 is 19.4 Å². The fraction of sp³-hybridized carbons (Fsp3) is 0.615. The number of carbonyl (C=O) groups is 2. The highest BCUT2D eigenvalue weighted by atomic mass is 16.3. The molecule has 7 nitrogen and oxygen atoms in total. The van der Waals surface area contributed by atoms with Crippen LogP contribution in [0.15, 0.2) is 6.33 Å². The number of carbonyl (C=O) groups excluding carboxylic acids is 2. The summed E-state index contributed by atoms with van der Waals surface area (Å²) in [7, 11) is 3.45. The third-order valence-corrected chi connectivity index (χ3v) is 3.52. The Morgan fingerprint density at radius 2 is 2.10 bits per heavy atom. The average molecular weight is 280 g/mol. The number of aromatic nitrogens is 2. The van der Waals surface area contributed by atoms with Gasteiger partial charge in [-0.3, -0.25) is 9.69 Å². The number of ketones is 1. The number of anilines is 1. The second-order valence-electron chi connectivity index (χ2n) is 5.14. The molecule has 0 bridgehead atoms. The predicted molar refractivity (Wildman–Crippen MR) is 73.2 cm³/mol. The van der Waals surface area contributed by atoms with Crippen molar-refractivity contribution in [2.45, 2.75) is 32.5 Å². The van der Waals surface area contributed by atoms with E-state index in [1.807, 2.05) is 0 Å². The van der Waals surface area contributed by atoms with Gasteiger partial charge in [0.1, 0.15) is 5.78 Å². The van der Waals surface area contributed by atoms with Gasteiger partial charge in [0.15, 0.2) is 11.5 Å². The summed E-state index contributed by atoms with van der Waals surface area (Å²) in [5, 5.41) is 10.2. The molecule has 110 valence electrons. The van der Waals surface area contributed by atoms with Crippen LogP contribution in [0.2, 0.25) is 0 Å². The number of hydrogen-bond acceptors (Lipinski definition) is 5. The smallest absolute Gasteiger partial charge is 0.277 e. The molecule has 2 heterocycles. The molecule has 1 unspecified atom stereocenters. The van der Waals surface area contributed by atoms with Crippen molar-refractivity contribution in [2.75, 3.05) is 18.5 Å². The molecule has 2 rings (SSSR count). The Kier molecular flexibility index (Phi) is 4.08. The van der Waals surface area contributed by atoms with Crippen LogP contribution >= 0.6 is 0 Å². The van der Waals surface area contributed by atoms with Gasteiger partial charge in [-0.25, -0.2) is 4.98 Å². The topological polar surface area (TPSA) is 78.7 Å². The van der Waals surface area contributed by atoms with Gasteiger partial charge in [0.05, 0.1) is 6.33 Å². The summed E-state index contributed by atoms with van der Waals surface area (Å²) in [6, 6.07) is 0. The number of aliphatic hydroxyl groups excluding tert-OH is 1. The molecule has 0 saturated carbocycles. The summed E-state index contributed by atoms with van der Waals surface area (Å²) in [6.45, 7) is 1.97. The third kappa shape index (κ3) is 2.53. The third-order valence-electron chi connectivity index (χ3n) is 3.52. The van der Waals surface area contributed by atoms with Gasteiger partial charge in [-0.15, -0.1) is 0 Å². The zero-order valence-electron chi connectivity index (χ0n) is 12.0. The van der Waals surface area contributed by atoms with E-state index in [0.29, 0.717) is 37.3 Å². The highest BCUT2D eigenvalue weighted by Gasteiger charge is 2.37. The lowest BCUT2D eigenvalue weighted by molar-refractivity contribution is -0.117. The molecule has 1 aromatic rings. The lowest BCUT2D eigenvalue weighted by atomic mass is 10.1. The SMILES string of the molecule is CC(=O)CCCCN1C(=O)c2c(ncn2C)N(C)C1O. The van der Waals surface area contributed by atoms with E-state index in [0.717, 1.165) is 0 Å². The maximum atomic E-state index is 12.4. The van der Waals surface area contributed by atoms with Crippen LogP contribution in [0.25, 0.3) is 0 Å². The zero-order chi connectivity index (χ0) is 14.9. The van der Waals surface area contributed by atoms with Gasteiger partial charge in [-0.05, 0) is 19.8 Å². The predicted octanol–water partition coefficient (Wildman–Crippen LogP) is 0.347. The Bertz CT molecular complexity index is 526. The Balaban J connectivity index is 2.09. The average Bonchev–Trinajstić information content (AvgIpc) is 2.77. The van der Waals surface area contributed by atoms with Crippen molar-refractivity contribution in [3.63, 3.8) is 0 Å². The summed E-state index contributed by atoms with van der Waals surface area (Å²) >= 11 is 0. The molecule has 0 saturated heterocycles. The Morgan fingerprint density at radius 1 is 1.40 bits per heavy atom. The molecule has 0 aliphatic carbocycles. The monoisotopic (exact) mass is 280 g/mol. The number of nitrogens with zero attached hydrogens (tertiary/aromatic N) is 4. The summed E-state index contributed by atoms with van der Waals surface area (Å²) in [4.78, 5) is 30.4. The van der Waals surface area contributed by atoms with Gasteiger partial charge in [0.2, 0.25) is 6.35 Å². The number of fused-ring (bicyclic) bond motifs is 1. The molecule has 20 heavy (non-hydrogen) atoms. The van der Waals surface area contributed by atoms with Crippen molar-refractivity contribution < 1.29 is 14.7 Å². The van der Waals surface area contributed by atoms with E-state index in [4.69, 9.17) is 0 Å². The van der Waals surface area contributed by atoms with Crippen LogP contribution in [0.1, 0.15) is 36.7 Å². The molecule has 0 aromatic carbocycles. The highest BCUT2D eigenvalue weighted by Crippen LogP contribution is 2.27. The summed E-state index contributed by atoms with van der Waals surface area (Å²) in [6.07, 6.45) is 2.45. The minimum absolute atomic E-state index is 0.140. The van der Waals surface area contributed by atoms with Gasteiger partial charge in [-0.1, -0.05) is 0 Å². The Labute approximate surface area is 117 Å². The lowest BCUT2D eigenvalue weighted by Crippen LogP contribution is -2.54. The normalized spacial score (nSPS) is 18.4. The van der Waals surface area contributed by atoms with Crippen molar-refractivity contribution in [2.24, 2.45) is 7.05 Å². The van der Waals surface area contributed by atoms with E-state index in [1.54, 1.807) is 36.8 Å². The van der Waals surface area contributed by atoms with E-state index >= 15 is 0 Å². The van der Waals surface area contributed by atoms with Crippen LogP contribution < -0.4 is 4.90 Å². The molecule has 1 N–H and O–H groups in total. The largest absolute Gasteiger partial charge is 0.356 e. The van der Waals surface area contributed by atoms with Gasteiger partial charge in [-0.2, -0.15) is 0 Å². The van der Waals surface area contributed by atoms with Crippen LogP contribution in [-0.4, -0.2) is 51.2 Å². The molecule has 0 spiro atoms. The van der Waals surface area contributed by atoms with E-state index in [9.17, 15) is 14.7 Å². The maximum Gasteiger partial charge on any atom is 0.277 e. The first-order valence-corrected chi connectivity index (χ1v) is 6.66. The summed E-state index contributed by atoms with van der Waals surface area (Å²) < 4.78 is 1.66. The first-order chi connectivity index (χ1) is 9.43. The van der Waals surface area contributed by atoms with Gasteiger partial charge in [0.25, 0.3) is 5.91 Å². The first-order valence-electron chi connectivity index (χ1n) is 6.66. The first kappa shape index (κ1) is 14.5. The van der Waals surface area contributed by atoms with Crippen LogP contribution in [-0.2, 0) is 11.8 Å². The second kappa shape index (κ2) is 5.62. The maximum absolute atomic E-state index is 12.4. The number of imidazole rings is 1. The molecule has 0 radical (unpaired) electrons. The lowest BCUT2D eigenvalue weighted by Gasteiger charge is -2.38. The number of hydrogen-bond donors (Lipinski definition) is 1. The van der Waals surface area contributed by atoms with E-state index in [2.05, 4.69) is 4.98 Å². The zero-order valence-corrected chi connectivity index (χ0v) is 12.0. The standard InChI is InChI=1S/C13H20N4O3/c1-9(18)6-4-5-7-17-12(19)10-11(14-8-15(10)2)16(3)13(17)20/h8,13,20H,4-7H2,1-3H3. The molecule has 1 aliphatic heterocycles. The molecular weight excluding hydrogens is 260 g/mol. The van der Waals surface area contributed by atoms with Crippen LogP contribution in [0.5, 0.6) is 0 Å². The molecular formula is C13H20N4O3. The van der Waals surface area contributed by atoms with Crippen molar-refractivity contribution in [3.05, 3.63) is 12.0 Å². The summed E-state index contributed by atoms with van der Waals surface area (Å²) in [5.41, 5.74) is 0.476. The van der Waals surface area contributed by atoms with Crippen LogP contribution in [0, 0.1) is 0 Å². The Morgan fingerprint density at radius 3 is 2.75 bits per heavy atom. The molecule has 0 fully saturated rings. The number of unbranched alkanes of at least 4 members (excludes halogenated alkanes) is 1. The number of Topliss-reactive ketones (excluding diaryl/α,β-unsaturated/α-hetero) is 1. The number of aliphatic hydroxyl groups is 1. The minimum Gasteiger partial charge on any atom is -0.356 e. The van der Waals surface area contributed by atoms with Crippen molar-refractivity contribution in [1.29, 1.82) is 0 Å². The number of aryl methyl sites for hydroxylation is 1. The molecule has 7 heteroatoms. The minimum atomic E-state index is -1.01. The quantitative estimate of drug-likeness (QED) is 0.787. The van der Waals surface area contributed by atoms with E-state index in [1.165, 1.54) is 4.90 Å². The Hall–Kier alpha value is -1.89. The van der Waals surface area contributed by atoms with Crippen molar-refractivity contribution in [3.8, 4) is 0 Å². The van der Waals surface area contributed by atoms with Crippen molar-refractivity contribution in [1.82, 2.24) is 14.5 Å². The second-order valence-corrected chi connectivity index (χ2v) is 5.14. The fourth-order valence-corrected chi connectivity index (χ4v) is 2.35. The van der Waals surface area contributed by atoms with E-state index in [-0.39, 0.29) is 11.7 Å². The van der Waals surface area contributed by atoms with E-state index < -0.39 is 6.35 Å². The highest BCUT2D eigenvalue weighted by molar-refractivity contribution is 5.99. The van der Waals surface area contributed by atoms with Crippen LogP contribution in [0.3, 0.4) is 0 Å². The number of amides is 1. The molecule has 1 amide bonds. The van der Waals surface area contributed by atoms with Gasteiger partial charge in [0, 0.05) is 27.1 Å². The summed E-state index contributed by atoms with van der Waals surface area (Å²) in [5.74, 6) is 0.403. The number of rotatable bonds is 5. The van der Waals surface area contributed by atoms with Gasteiger partial charge >= 0.3 is 0 Å².